The van der Waals surface area contributed by atoms with Crippen LogP contribution < -0.4 is 19.7 Å². The van der Waals surface area contributed by atoms with E-state index in [9.17, 15) is 18.3 Å². The van der Waals surface area contributed by atoms with E-state index in [0.717, 1.165) is 93.6 Å². The quantitative estimate of drug-likeness (QED) is 0.289. The standard InChI is InChI=1S/C36H45ClN2O5S3.C7H14N2O/c1-23-6-3-15-36(41,34-45-16-5-17-46-34)30-11-8-27(30)20-39-21-35(14-4-7-25-18-28(37)10-12-29(25)35)22-44-32-13-9-26(19-31(32)39)33(40)38-47(42,43)24(23)2;1-2-9-3-4-10-6-7(9)5-8-1/h3,9-10,12-13,15,18-19,23-24,27,30,34,41H,4-8,11,14,16-17,20-22H2,1-2H3,(H,38,40);7-8H,1-6H2/b15-3+;/t23-,24+,27-,30+,35-,36-;7-/m00/s1. The van der Waals surface area contributed by atoms with E-state index >= 15 is 0 Å². The van der Waals surface area contributed by atoms with Gasteiger partial charge in [0.1, 0.15) is 11.4 Å². The lowest BCUT2D eigenvalue weighted by Gasteiger charge is -2.51. The van der Waals surface area contributed by atoms with Crippen molar-refractivity contribution in [1.82, 2.24) is 14.9 Å². The fourth-order valence-corrected chi connectivity index (χ4v) is 14.7. The molecule has 3 saturated heterocycles. The van der Waals surface area contributed by atoms with Gasteiger partial charge in [-0.15, -0.1) is 23.5 Å². The Balaban J connectivity index is 0.000000394. The van der Waals surface area contributed by atoms with Crippen molar-refractivity contribution in [3.8, 4) is 5.75 Å². The summed E-state index contributed by atoms with van der Waals surface area (Å²) in [5.41, 5.74) is 2.32. The van der Waals surface area contributed by atoms with Gasteiger partial charge in [0.15, 0.2) is 0 Å². The van der Waals surface area contributed by atoms with Crippen LogP contribution in [-0.4, -0.2) is 116 Å². The number of anilines is 1. The molecule has 1 amide bonds. The second-order valence-corrected chi connectivity index (χ2v) is 22.5. The van der Waals surface area contributed by atoms with E-state index in [-0.39, 0.29) is 33.3 Å². The number of hydrogen-bond donors (Lipinski definition) is 3. The van der Waals surface area contributed by atoms with Crippen molar-refractivity contribution >= 4 is 56.7 Å². The van der Waals surface area contributed by atoms with E-state index < -0.39 is 26.8 Å². The average molecular weight is 860 g/mol. The number of ether oxygens (including phenoxy) is 2. The monoisotopic (exact) mass is 858 g/mol. The number of nitrogens with one attached hydrogen (secondary N) is 2. The third-order valence-corrected chi connectivity index (χ3v) is 19.1. The van der Waals surface area contributed by atoms with Crippen molar-refractivity contribution in [3.63, 3.8) is 0 Å². The number of hydrogen-bond acceptors (Lipinski definition) is 11. The Kier molecular flexibility index (Phi) is 12.9. The van der Waals surface area contributed by atoms with Crippen LogP contribution in [0.1, 0.15) is 73.9 Å². The Bertz CT molecular complexity index is 1890. The summed E-state index contributed by atoms with van der Waals surface area (Å²) < 4.78 is 41.2. The van der Waals surface area contributed by atoms with Crippen molar-refractivity contribution in [2.75, 3.05) is 75.5 Å². The molecule has 0 radical (unpaired) electrons. The molecule has 312 valence electrons. The van der Waals surface area contributed by atoms with E-state index in [1.54, 1.807) is 19.1 Å². The number of halogens is 1. The highest BCUT2D eigenvalue weighted by atomic mass is 35.5. The second kappa shape index (κ2) is 17.6. The van der Waals surface area contributed by atoms with Gasteiger partial charge in [0, 0.05) is 61.3 Å². The highest BCUT2D eigenvalue weighted by Gasteiger charge is 2.52. The van der Waals surface area contributed by atoms with Gasteiger partial charge in [-0.25, -0.2) is 13.1 Å². The van der Waals surface area contributed by atoms with Crippen LogP contribution in [0.5, 0.6) is 5.75 Å². The topological polar surface area (TPSA) is 120 Å². The van der Waals surface area contributed by atoms with Crippen LogP contribution in [0, 0.1) is 17.8 Å². The van der Waals surface area contributed by atoms with Crippen LogP contribution in [0.15, 0.2) is 48.6 Å². The lowest BCUT2D eigenvalue weighted by Crippen LogP contribution is -2.56. The number of aryl methyl sites for hydroxylation is 1. The predicted octanol–water partition coefficient (Wildman–Crippen LogP) is 6.10. The first-order chi connectivity index (χ1) is 27.5. The van der Waals surface area contributed by atoms with E-state index in [0.29, 0.717) is 37.9 Å². The lowest BCUT2D eigenvalue weighted by molar-refractivity contribution is -0.0333. The number of piperazine rings is 1. The zero-order valence-corrected chi connectivity index (χ0v) is 36.5. The number of nitrogens with zero attached hydrogens (tertiary/aromatic N) is 2. The summed E-state index contributed by atoms with van der Waals surface area (Å²) in [5.74, 6) is 2.18. The summed E-state index contributed by atoms with van der Waals surface area (Å²) in [5, 5.41) is 15.9. The molecular weight excluding hydrogens is 800 g/mol. The third kappa shape index (κ3) is 8.79. The fraction of sp³-hybridized carbons (Fsp3) is 0.651. The molecule has 5 heterocycles. The van der Waals surface area contributed by atoms with E-state index in [1.165, 1.54) is 17.7 Å². The maximum absolute atomic E-state index is 13.5. The molecule has 3 N–H and O–H groups in total. The van der Waals surface area contributed by atoms with Crippen LogP contribution in [-0.2, 0) is 26.6 Å². The number of fused-ring (bicyclic) bond motifs is 5. The van der Waals surface area contributed by atoms with Gasteiger partial charge in [0.25, 0.3) is 5.91 Å². The van der Waals surface area contributed by atoms with Crippen molar-refractivity contribution < 1.29 is 27.8 Å². The molecule has 1 saturated carbocycles. The van der Waals surface area contributed by atoms with Crippen molar-refractivity contribution in [2.45, 2.75) is 85.7 Å². The molecule has 7 atom stereocenters. The molecule has 0 aromatic heterocycles. The zero-order chi connectivity index (χ0) is 39.8. The number of amides is 1. The molecule has 5 aliphatic heterocycles. The summed E-state index contributed by atoms with van der Waals surface area (Å²) >= 11 is 10.2. The minimum absolute atomic E-state index is 0.0302. The third-order valence-electron chi connectivity index (χ3n) is 13.7. The first-order valence-corrected chi connectivity index (χ1v) is 25.0. The SMILES string of the molecule is C1CN2CCOC[C@@H]2CN1.C[C@@H]1[C@@H](C)C/C=C/[C@@](O)(C2SCCCS2)[C@@H]2CC[C@H]2CN2C[C@@]3(CCCc4cc(Cl)ccc43)COc3ccc(cc32)C(=O)NS1(=O)=O. The predicted molar refractivity (Wildman–Crippen MR) is 233 cm³/mol. The van der Waals surface area contributed by atoms with Gasteiger partial charge in [0.05, 0.1) is 35.3 Å². The van der Waals surface area contributed by atoms with Gasteiger partial charge in [0.2, 0.25) is 10.0 Å². The lowest BCUT2D eigenvalue weighted by atomic mass is 9.64. The number of allylic oxidation sites excluding steroid dienone is 1. The molecule has 2 bridgehead atoms. The van der Waals surface area contributed by atoms with Crippen LogP contribution in [0.25, 0.3) is 0 Å². The minimum atomic E-state index is -3.95. The minimum Gasteiger partial charge on any atom is -0.490 e. The molecule has 14 heteroatoms. The van der Waals surface area contributed by atoms with Crippen LogP contribution >= 0.6 is 35.1 Å². The van der Waals surface area contributed by atoms with Gasteiger partial charge in [-0.1, -0.05) is 36.7 Å². The Labute approximate surface area is 352 Å². The van der Waals surface area contributed by atoms with Gasteiger partial charge >= 0.3 is 0 Å². The summed E-state index contributed by atoms with van der Waals surface area (Å²) in [4.78, 5) is 18.4. The normalized spacial score (nSPS) is 35.1. The number of thioether (sulfide) groups is 2. The van der Waals surface area contributed by atoms with Gasteiger partial charge in [-0.3, -0.25) is 9.69 Å². The number of benzene rings is 2. The van der Waals surface area contributed by atoms with Crippen molar-refractivity contribution in [3.05, 3.63) is 70.3 Å². The maximum atomic E-state index is 13.5. The molecular formula is C43H59ClN4O6S3. The number of carbonyl (C=O) groups excluding carboxylic acids is 1. The van der Waals surface area contributed by atoms with E-state index in [2.05, 4.69) is 32.0 Å². The van der Waals surface area contributed by atoms with Crippen LogP contribution in [0.3, 0.4) is 0 Å². The van der Waals surface area contributed by atoms with Gasteiger partial charge < -0.3 is 24.8 Å². The highest BCUT2D eigenvalue weighted by molar-refractivity contribution is 8.17. The summed E-state index contributed by atoms with van der Waals surface area (Å²) in [6.07, 6.45) is 10.5. The van der Waals surface area contributed by atoms with E-state index in [1.807, 2.05) is 54.7 Å². The first kappa shape index (κ1) is 41.8. The number of aliphatic hydroxyl groups is 1. The Morgan fingerprint density at radius 3 is 2.68 bits per heavy atom. The fourth-order valence-electron chi connectivity index (χ4n) is 9.98. The van der Waals surface area contributed by atoms with Crippen LogP contribution in [0.2, 0.25) is 5.02 Å². The van der Waals surface area contributed by atoms with Crippen molar-refractivity contribution in [2.24, 2.45) is 17.8 Å². The summed E-state index contributed by atoms with van der Waals surface area (Å²) in [6, 6.07) is 12.2. The largest absolute Gasteiger partial charge is 0.490 e. The molecule has 4 fully saturated rings. The maximum Gasteiger partial charge on any atom is 0.264 e. The number of morpholine rings is 1. The van der Waals surface area contributed by atoms with Gasteiger partial charge in [-0.05, 0) is 123 Å². The molecule has 2 aliphatic carbocycles. The Morgan fingerprint density at radius 1 is 1.05 bits per heavy atom. The molecule has 2 aromatic carbocycles. The zero-order valence-electron chi connectivity index (χ0n) is 33.3. The van der Waals surface area contributed by atoms with Gasteiger partial charge in [-0.2, -0.15) is 0 Å². The molecule has 57 heavy (non-hydrogen) atoms. The van der Waals surface area contributed by atoms with E-state index in [4.69, 9.17) is 21.1 Å². The highest BCUT2D eigenvalue weighted by Crippen LogP contribution is 2.53. The van der Waals surface area contributed by atoms with Crippen LogP contribution in [0.4, 0.5) is 5.69 Å². The molecule has 1 spiro atoms. The number of carbonyl (C=O) groups is 1. The Hall–Kier alpha value is -1.97. The molecule has 0 unspecified atom stereocenters. The number of sulfonamides is 1. The first-order valence-electron chi connectivity index (χ1n) is 21.0. The smallest absolute Gasteiger partial charge is 0.264 e. The Morgan fingerprint density at radius 2 is 1.89 bits per heavy atom. The molecule has 7 aliphatic rings. The summed E-state index contributed by atoms with van der Waals surface area (Å²) in [6.45, 7) is 11.9. The average Bonchev–Trinajstić information content (AvgIpc) is 3.35. The molecule has 10 nitrogen and oxygen atoms in total. The molecule has 9 rings (SSSR count). The number of rotatable bonds is 1. The summed E-state index contributed by atoms with van der Waals surface area (Å²) in [7, 11) is -3.95. The van der Waals surface area contributed by atoms with Crippen molar-refractivity contribution in [1.29, 1.82) is 0 Å². The second-order valence-electron chi connectivity index (χ2n) is 17.3. The molecule has 2 aromatic rings.